The first-order valence-electron chi connectivity index (χ1n) is 1.78. The van der Waals surface area contributed by atoms with Crippen molar-refractivity contribution in [3.8, 4) is 0 Å². The average Bonchev–Trinajstić information content (AvgIpc) is 1.62. The Bertz CT molecular complexity index is 117. The summed E-state index contributed by atoms with van der Waals surface area (Å²) in [6, 6.07) is 0. The number of hydrogen-bond donors (Lipinski definition) is 0. The van der Waals surface area contributed by atoms with E-state index in [1.54, 1.807) is 11.6 Å². The van der Waals surface area contributed by atoms with Gasteiger partial charge in [0.25, 0.3) is 0 Å². The number of hydrogen-bond acceptors (Lipinski definition) is 6. The second-order valence-electron chi connectivity index (χ2n) is 0.832. The third-order valence-electron chi connectivity index (χ3n) is 0.388. The molecule has 1 aromatic rings. The SMILES string of the molecule is c1cssnnnn1. The van der Waals surface area contributed by atoms with Gasteiger partial charge in [0.15, 0.2) is 0 Å². The lowest BCUT2D eigenvalue weighted by atomic mass is 11.0. The van der Waals surface area contributed by atoms with Gasteiger partial charge in [-0.05, 0) is 10.4 Å². The van der Waals surface area contributed by atoms with E-state index in [0.29, 0.717) is 0 Å². The van der Waals surface area contributed by atoms with Gasteiger partial charge in [0, 0.05) is 15.9 Å². The summed E-state index contributed by atoms with van der Waals surface area (Å²) in [7, 11) is 2.71. The van der Waals surface area contributed by atoms with Crippen LogP contribution in [0.25, 0.3) is 0 Å². The summed E-state index contributed by atoms with van der Waals surface area (Å²) < 4.78 is 3.52. The number of nitrogens with zero attached hydrogens (tertiary/aromatic N) is 4. The molecule has 1 heterocycles. The van der Waals surface area contributed by atoms with Gasteiger partial charge in [-0.1, -0.05) is 14.8 Å². The summed E-state index contributed by atoms with van der Waals surface area (Å²) in [4.78, 5) is 0. The van der Waals surface area contributed by atoms with E-state index in [0.717, 1.165) is 0 Å². The molecule has 4 nitrogen and oxygen atoms in total. The van der Waals surface area contributed by atoms with E-state index in [1.165, 1.54) is 20.9 Å². The van der Waals surface area contributed by atoms with Gasteiger partial charge in [-0.25, -0.2) is 0 Å². The molecule has 0 amide bonds. The zero-order chi connectivity index (χ0) is 5.66. The van der Waals surface area contributed by atoms with E-state index in [9.17, 15) is 0 Å². The van der Waals surface area contributed by atoms with Crippen molar-refractivity contribution in [1.29, 1.82) is 0 Å². The molecular formula is C2H2N4S2. The Hall–Kier alpha value is -0.620. The minimum Gasteiger partial charge on any atom is -0.136 e. The summed E-state index contributed by atoms with van der Waals surface area (Å²) in [5.41, 5.74) is 0. The van der Waals surface area contributed by atoms with Crippen molar-refractivity contribution in [3.63, 3.8) is 0 Å². The molecule has 0 saturated carbocycles. The molecule has 0 aliphatic rings. The van der Waals surface area contributed by atoms with Crippen LogP contribution in [0.4, 0.5) is 0 Å². The molecule has 0 radical (unpaired) electrons. The Balaban J connectivity index is 3.00. The van der Waals surface area contributed by atoms with Crippen molar-refractivity contribution >= 4 is 20.9 Å². The molecule has 0 bridgehead atoms. The first kappa shape index (κ1) is 5.52. The Labute approximate surface area is 53.1 Å². The van der Waals surface area contributed by atoms with Crippen molar-refractivity contribution in [2.24, 2.45) is 0 Å². The molecule has 0 fully saturated rings. The molecule has 42 valence electrons. The van der Waals surface area contributed by atoms with E-state index in [1.807, 2.05) is 0 Å². The van der Waals surface area contributed by atoms with Crippen LogP contribution in [0.2, 0.25) is 0 Å². The third kappa shape index (κ3) is 1.90. The van der Waals surface area contributed by atoms with Crippen molar-refractivity contribution in [2.45, 2.75) is 0 Å². The molecule has 1 rings (SSSR count). The van der Waals surface area contributed by atoms with E-state index in [4.69, 9.17) is 0 Å². The highest BCUT2D eigenvalue weighted by atomic mass is 32.9. The molecule has 0 aliphatic heterocycles. The Morgan fingerprint density at radius 2 is 2.25 bits per heavy atom. The van der Waals surface area contributed by atoms with E-state index in [2.05, 4.69) is 20.0 Å². The number of aromatic nitrogens is 4. The zero-order valence-corrected chi connectivity index (χ0v) is 5.39. The fourth-order valence-electron chi connectivity index (χ4n) is 0.180. The van der Waals surface area contributed by atoms with Crippen molar-refractivity contribution in [3.05, 3.63) is 11.6 Å². The monoisotopic (exact) mass is 146 g/mol. The van der Waals surface area contributed by atoms with Crippen LogP contribution in [-0.4, -0.2) is 20.0 Å². The maximum Gasteiger partial charge on any atom is 0.0622 e. The molecule has 0 aromatic carbocycles. The van der Waals surface area contributed by atoms with Gasteiger partial charge in [0.2, 0.25) is 0 Å². The topological polar surface area (TPSA) is 51.6 Å². The third-order valence-corrected chi connectivity index (χ3v) is 1.64. The molecule has 0 unspecified atom stereocenters. The second kappa shape index (κ2) is 3.39. The summed E-state index contributed by atoms with van der Waals surface area (Å²) in [5, 5.41) is 11.9. The van der Waals surface area contributed by atoms with Gasteiger partial charge in [0.05, 0.1) is 6.20 Å². The van der Waals surface area contributed by atoms with Crippen LogP contribution < -0.4 is 0 Å². The van der Waals surface area contributed by atoms with Crippen molar-refractivity contribution < 1.29 is 0 Å². The molecular weight excluding hydrogens is 144 g/mol. The van der Waals surface area contributed by atoms with Crippen molar-refractivity contribution in [2.75, 3.05) is 0 Å². The lowest BCUT2D eigenvalue weighted by Crippen LogP contribution is -1.78. The maximum absolute atomic E-state index is 3.52. The molecule has 0 atom stereocenters. The molecule has 0 saturated heterocycles. The average molecular weight is 146 g/mol. The van der Waals surface area contributed by atoms with Gasteiger partial charge >= 0.3 is 0 Å². The van der Waals surface area contributed by atoms with E-state index in [-0.39, 0.29) is 0 Å². The first-order chi connectivity index (χ1) is 4.00. The summed E-state index contributed by atoms with van der Waals surface area (Å²) in [6.45, 7) is 0. The summed E-state index contributed by atoms with van der Waals surface area (Å²) in [6.07, 6.45) is 1.57. The predicted molar refractivity (Wildman–Crippen MR) is 31.0 cm³/mol. The highest BCUT2D eigenvalue weighted by Gasteiger charge is 1.62. The predicted octanol–water partition coefficient (Wildman–Crippen LogP) is 0.514. The van der Waals surface area contributed by atoms with Gasteiger partial charge < -0.3 is 0 Å². The summed E-state index contributed by atoms with van der Waals surface area (Å²) >= 11 is 0. The molecule has 8 heavy (non-hydrogen) atoms. The Morgan fingerprint density at radius 3 is 3.25 bits per heavy atom. The Kier molecular flexibility index (Phi) is 2.34. The minimum absolute atomic E-state index is 1.26. The zero-order valence-electron chi connectivity index (χ0n) is 3.76. The van der Waals surface area contributed by atoms with Gasteiger partial charge in [-0.2, -0.15) is 0 Å². The molecule has 1 aromatic heterocycles. The van der Waals surface area contributed by atoms with Crippen LogP contribution in [-0.2, 0) is 0 Å². The van der Waals surface area contributed by atoms with Crippen LogP contribution in [0, 0.1) is 0 Å². The van der Waals surface area contributed by atoms with Gasteiger partial charge in [-0.15, -0.1) is 5.10 Å². The highest BCUT2D eigenvalue weighted by molar-refractivity contribution is 7.65. The van der Waals surface area contributed by atoms with Crippen molar-refractivity contribution in [1.82, 2.24) is 20.0 Å². The maximum atomic E-state index is 3.52. The smallest absolute Gasteiger partial charge is 0.0622 e. The van der Waals surface area contributed by atoms with Gasteiger partial charge in [-0.3, -0.25) is 0 Å². The second-order valence-corrected chi connectivity index (χ2v) is 2.63. The fraction of sp³-hybridized carbons (Fsp3) is 0. The largest absolute Gasteiger partial charge is 0.136 e. The van der Waals surface area contributed by atoms with Crippen LogP contribution in [0.1, 0.15) is 0 Å². The normalized spacial score (nSPS) is 8.00. The Morgan fingerprint density at radius 1 is 1.25 bits per heavy atom. The first-order valence-corrected chi connectivity index (χ1v) is 3.95. The molecule has 0 N–H and O–H groups in total. The highest BCUT2D eigenvalue weighted by Crippen LogP contribution is 1.90. The summed E-state index contributed by atoms with van der Waals surface area (Å²) in [5.74, 6) is 0. The van der Waals surface area contributed by atoms with Crippen LogP contribution in [0.3, 0.4) is 0 Å². The lowest BCUT2D eigenvalue weighted by molar-refractivity contribution is 0.816. The lowest BCUT2D eigenvalue weighted by Gasteiger charge is -1.65. The van der Waals surface area contributed by atoms with Crippen LogP contribution in [0.5, 0.6) is 0 Å². The molecule has 0 spiro atoms. The van der Waals surface area contributed by atoms with Crippen LogP contribution >= 0.6 is 20.9 Å². The fourth-order valence-corrected chi connectivity index (χ4v) is 0.938. The number of rotatable bonds is 0. The van der Waals surface area contributed by atoms with E-state index >= 15 is 0 Å². The standard InChI is InChI=1S/C2H2N4S2/c1-2-7-8-6-5-4-3-1/h1-2H. The van der Waals surface area contributed by atoms with Crippen LogP contribution in [0.15, 0.2) is 11.6 Å². The quantitative estimate of drug-likeness (QED) is 0.500. The molecule has 0 aliphatic carbocycles. The minimum atomic E-state index is 1.26. The van der Waals surface area contributed by atoms with Gasteiger partial charge in [0.1, 0.15) is 0 Å². The van der Waals surface area contributed by atoms with E-state index < -0.39 is 0 Å². The molecule has 6 heteroatoms.